The third-order valence-electron chi connectivity index (χ3n) is 2.26. The van der Waals surface area contributed by atoms with Crippen LogP contribution in [0.4, 0.5) is 0 Å². The minimum atomic E-state index is -0.0917. The summed E-state index contributed by atoms with van der Waals surface area (Å²) in [5.74, 6) is 0. The second-order valence-electron chi connectivity index (χ2n) is 3.65. The highest BCUT2D eigenvalue weighted by atomic mass is 16.3. The largest absolute Gasteiger partial charge is 0.394 e. The third-order valence-corrected chi connectivity index (χ3v) is 2.26. The minimum absolute atomic E-state index is 0.0917. The first-order valence-electron chi connectivity index (χ1n) is 4.59. The van der Waals surface area contributed by atoms with E-state index in [4.69, 9.17) is 5.11 Å². The molecule has 0 bridgehead atoms. The standard InChI is InChI=1S/C9H22N2O/c1-5-11(7-6-10-4)9(2,3)8-12/h10,12H,5-8H2,1-4H3. The zero-order valence-electron chi connectivity index (χ0n) is 8.72. The molecule has 3 nitrogen and oxygen atoms in total. The quantitative estimate of drug-likeness (QED) is 0.608. The van der Waals surface area contributed by atoms with E-state index in [9.17, 15) is 0 Å². The molecular weight excluding hydrogens is 152 g/mol. The first-order valence-corrected chi connectivity index (χ1v) is 4.59. The van der Waals surface area contributed by atoms with Crippen LogP contribution in [0.25, 0.3) is 0 Å². The summed E-state index contributed by atoms with van der Waals surface area (Å²) in [4.78, 5) is 2.27. The number of likely N-dealkylation sites (N-methyl/N-ethyl adjacent to an activating group) is 2. The van der Waals surface area contributed by atoms with E-state index in [0.717, 1.165) is 19.6 Å². The van der Waals surface area contributed by atoms with Crippen LogP contribution in [0.3, 0.4) is 0 Å². The molecule has 0 saturated heterocycles. The highest BCUT2D eigenvalue weighted by molar-refractivity contribution is 4.79. The zero-order valence-corrected chi connectivity index (χ0v) is 8.72. The summed E-state index contributed by atoms with van der Waals surface area (Å²) >= 11 is 0. The van der Waals surface area contributed by atoms with E-state index in [-0.39, 0.29) is 12.1 Å². The van der Waals surface area contributed by atoms with Crippen molar-refractivity contribution in [2.75, 3.05) is 33.3 Å². The first-order chi connectivity index (χ1) is 5.58. The molecule has 2 N–H and O–H groups in total. The Balaban J connectivity index is 3.95. The first kappa shape index (κ1) is 11.9. The fourth-order valence-electron chi connectivity index (χ4n) is 1.24. The van der Waals surface area contributed by atoms with Gasteiger partial charge in [0.2, 0.25) is 0 Å². The lowest BCUT2D eigenvalue weighted by Gasteiger charge is -2.36. The lowest BCUT2D eigenvalue weighted by Crippen LogP contribution is -2.48. The van der Waals surface area contributed by atoms with Gasteiger partial charge in [0.05, 0.1) is 6.61 Å². The fraction of sp³-hybridized carbons (Fsp3) is 1.00. The molecule has 0 spiro atoms. The maximum absolute atomic E-state index is 9.13. The van der Waals surface area contributed by atoms with Gasteiger partial charge in [-0.1, -0.05) is 6.92 Å². The van der Waals surface area contributed by atoms with Crippen molar-refractivity contribution in [1.29, 1.82) is 0 Å². The van der Waals surface area contributed by atoms with Crippen LogP contribution in [0.2, 0.25) is 0 Å². The van der Waals surface area contributed by atoms with Gasteiger partial charge >= 0.3 is 0 Å². The molecule has 0 saturated carbocycles. The Labute approximate surface area is 75.8 Å². The van der Waals surface area contributed by atoms with Crippen LogP contribution < -0.4 is 5.32 Å². The lowest BCUT2D eigenvalue weighted by molar-refractivity contribution is 0.0626. The van der Waals surface area contributed by atoms with Gasteiger partial charge in [-0.2, -0.15) is 0 Å². The van der Waals surface area contributed by atoms with E-state index in [2.05, 4.69) is 31.0 Å². The molecule has 0 aliphatic rings. The third kappa shape index (κ3) is 3.52. The molecule has 3 heteroatoms. The van der Waals surface area contributed by atoms with Crippen molar-refractivity contribution < 1.29 is 5.11 Å². The van der Waals surface area contributed by atoms with E-state index >= 15 is 0 Å². The van der Waals surface area contributed by atoms with E-state index in [0.29, 0.717) is 0 Å². The fourth-order valence-corrected chi connectivity index (χ4v) is 1.24. The number of nitrogens with zero attached hydrogens (tertiary/aromatic N) is 1. The number of hydrogen-bond acceptors (Lipinski definition) is 3. The van der Waals surface area contributed by atoms with E-state index < -0.39 is 0 Å². The number of rotatable bonds is 6. The van der Waals surface area contributed by atoms with Gasteiger partial charge in [0, 0.05) is 18.6 Å². The molecule has 74 valence electrons. The Hall–Kier alpha value is -0.120. The molecule has 0 amide bonds. The number of aliphatic hydroxyl groups is 1. The molecule has 0 fully saturated rings. The number of nitrogens with one attached hydrogen (secondary N) is 1. The van der Waals surface area contributed by atoms with Gasteiger partial charge in [0.15, 0.2) is 0 Å². The van der Waals surface area contributed by atoms with Gasteiger partial charge in [0.25, 0.3) is 0 Å². The average Bonchev–Trinajstić information content (AvgIpc) is 2.05. The van der Waals surface area contributed by atoms with Crippen LogP contribution in [0.5, 0.6) is 0 Å². The predicted octanol–water partition coefficient (Wildman–Crippen LogP) is 0.299. The zero-order chi connectivity index (χ0) is 9.61. The van der Waals surface area contributed by atoms with Crippen LogP contribution in [0.15, 0.2) is 0 Å². The Bertz CT molecular complexity index is 115. The van der Waals surface area contributed by atoms with Crippen molar-refractivity contribution in [2.45, 2.75) is 26.3 Å². The van der Waals surface area contributed by atoms with Crippen molar-refractivity contribution >= 4 is 0 Å². The maximum atomic E-state index is 9.13. The van der Waals surface area contributed by atoms with Crippen molar-refractivity contribution in [2.24, 2.45) is 0 Å². The molecule has 0 aliphatic heterocycles. The second-order valence-corrected chi connectivity index (χ2v) is 3.65. The second kappa shape index (κ2) is 5.51. The van der Waals surface area contributed by atoms with Crippen molar-refractivity contribution in [3.05, 3.63) is 0 Å². The van der Waals surface area contributed by atoms with Crippen LogP contribution in [0.1, 0.15) is 20.8 Å². The van der Waals surface area contributed by atoms with Gasteiger partial charge in [-0.25, -0.2) is 0 Å². The van der Waals surface area contributed by atoms with Crippen LogP contribution in [-0.4, -0.2) is 48.8 Å². The van der Waals surface area contributed by atoms with Crippen molar-refractivity contribution in [3.8, 4) is 0 Å². The summed E-state index contributed by atoms with van der Waals surface area (Å²) in [6, 6.07) is 0. The summed E-state index contributed by atoms with van der Waals surface area (Å²) in [5, 5.41) is 12.2. The molecule has 0 heterocycles. The molecular formula is C9H22N2O. The molecule has 0 aromatic carbocycles. The molecule has 0 radical (unpaired) electrons. The number of aliphatic hydroxyl groups excluding tert-OH is 1. The van der Waals surface area contributed by atoms with Crippen molar-refractivity contribution in [3.63, 3.8) is 0 Å². The average molecular weight is 174 g/mol. The van der Waals surface area contributed by atoms with E-state index in [1.165, 1.54) is 0 Å². The predicted molar refractivity (Wildman–Crippen MR) is 52.3 cm³/mol. The summed E-state index contributed by atoms with van der Waals surface area (Å²) in [5.41, 5.74) is -0.0917. The maximum Gasteiger partial charge on any atom is 0.0610 e. The highest BCUT2D eigenvalue weighted by Gasteiger charge is 2.23. The summed E-state index contributed by atoms with van der Waals surface area (Å²) in [6.45, 7) is 9.39. The number of hydrogen-bond donors (Lipinski definition) is 2. The van der Waals surface area contributed by atoms with Gasteiger partial charge in [-0.05, 0) is 27.4 Å². The smallest absolute Gasteiger partial charge is 0.0610 e. The molecule has 0 atom stereocenters. The molecule has 0 aromatic heterocycles. The van der Waals surface area contributed by atoms with Crippen LogP contribution in [0, 0.1) is 0 Å². The van der Waals surface area contributed by atoms with Gasteiger partial charge in [-0.15, -0.1) is 0 Å². The molecule has 0 aromatic rings. The summed E-state index contributed by atoms with van der Waals surface area (Å²) in [6.07, 6.45) is 0. The van der Waals surface area contributed by atoms with Crippen LogP contribution in [-0.2, 0) is 0 Å². The van der Waals surface area contributed by atoms with Gasteiger partial charge in [-0.3, -0.25) is 4.90 Å². The SMILES string of the molecule is CCN(CCNC)C(C)(C)CO. The van der Waals surface area contributed by atoms with Gasteiger partial charge in [0.1, 0.15) is 0 Å². The Morgan fingerprint density at radius 3 is 2.33 bits per heavy atom. The normalized spacial score (nSPS) is 12.5. The Kier molecular flexibility index (Phi) is 5.46. The Morgan fingerprint density at radius 2 is 2.00 bits per heavy atom. The molecule has 0 rings (SSSR count). The highest BCUT2D eigenvalue weighted by Crippen LogP contribution is 2.11. The van der Waals surface area contributed by atoms with Gasteiger partial charge < -0.3 is 10.4 Å². The van der Waals surface area contributed by atoms with E-state index in [1.54, 1.807) is 0 Å². The molecule has 12 heavy (non-hydrogen) atoms. The minimum Gasteiger partial charge on any atom is -0.394 e. The topological polar surface area (TPSA) is 35.5 Å². The van der Waals surface area contributed by atoms with E-state index in [1.807, 2.05) is 7.05 Å². The summed E-state index contributed by atoms with van der Waals surface area (Å²) in [7, 11) is 1.94. The van der Waals surface area contributed by atoms with Crippen molar-refractivity contribution in [1.82, 2.24) is 10.2 Å². The monoisotopic (exact) mass is 174 g/mol. The summed E-state index contributed by atoms with van der Waals surface area (Å²) < 4.78 is 0. The Morgan fingerprint density at radius 1 is 1.42 bits per heavy atom. The molecule has 0 aliphatic carbocycles. The van der Waals surface area contributed by atoms with Crippen LogP contribution >= 0.6 is 0 Å². The lowest BCUT2D eigenvalue weighted by atomic mass is 10.0. The molecule has 0 unspecified atom stereocenters.